The zero-order chi connectivity index (χ0) is 11.5. The number of nitriles is 1. The highest BCUT2D eigenvalue weighted by Gasteiger charge is 2.03. The molecule has 2 rings (SSSR count). The molecule has 80 valence electrons. The highest BCUT2D eigenvalue weighted by atomic mass is 15.3. The largest absolute Gasteiger partial charge is 0.338 e. The number of aromatic nitrogens is 2. The molecule has 0 unspecified atom stereocenters. The van der Waals surface area contributed by atoms with Gasteiger partial charge in [0.05, 0.1) is 11.3 Å². The van der Waals surface area contributed by atoms with Gasteiger partial charge in [-0.15, -0.1) is 0 Å². The lowest BCUT2D eigenvalue weighted by Gasteiger charge is -2.06. The number of hydrogen-bond donors (Lipinski definition) is 1. The van der Waals surface area contributed by atoms with Gasteiger partial charge in [-0.25, -0.2) is 0 Å². The number of benzene rings is 1. The molecule has 0 radical (unpaired) electrons. The molecule has 0 amide bonds. The molecule has 1 aromatic heterocycles. The molecule has 16 heavy (non-hydrogen) atoms. The Hall–Kier alpha value is -2.28. The van der Waals surface area contributed by atoms with E-state index >= 15 is 0 Å². The summed E-state index contributed by atoms with van der Waals surface area (Å²) in [7, 11) is 1.85. The minimum absolute atomic E-state index is 0.622. The summed E-state index contributed by atoms with van der Waals surface area (Å²) in [5, 5.41) is 16.3. The average molecular weight is 212 g/mol. The van der Waals surface area contributed by atoms with Crippen molar-refractivity contribution in [2.75, 3.05) is 5.32 Å². The molecule has 0 aliphatic carbocycles. The van der Waals surface area contributed by atoms with Crippen LogP contribution in [0.25, 0.3) is 0 Å². The molecule has 0 saturated carbocycles. The third-order valence-electron chi connectivity index (χ3n) is 2.27. The lowest BCUT2D eigenvalue weighted by atomic mass is 10.1. The molecular formula is C12H12N4. The molecule has 0 atom stereocenters. The highest BCUT2D eigenvalue weighted by Crippen LogP contribution is 2.20. The number of aryl methyl sites for hydroxylation is 2. The molecule has 0 fully saturated rings. The van der Waals surface area contributed by atoms with Crippen LogP contribution < -0.4 is 5.32 Å². The van der Waals surface area contributed by atoms with Crippen molar-refractivity contribution in [3.63, 3.8) is 0 Å². The van der Waals surface area contributed by atoms with Gasteiger partial charge in [-0.1, -0.05) is 6.07 Å². The lowest BCUT2D eigenvalue weighted by molar-refractivity contribution is 0.771. The maximum absolute atomic E-state index is 8.98. The predicted octanol–water partition coefficient (Wildman–Crippen LogP) is 2.34. The number of hydrogen-bond acceptors (Lipinski definition) is 3. The molecule has 1 N–H and O–H groups in total. The summed E-state index contributed by atoms with van der Waals surface area (Å²) >= 11 is 0. The maximum Gasteiger partial charge on any atom is 0.152 e. The van der Waals surface area contributed by atoms with Gasteiger partial charge in [0.25, 0.3) is 0 Å². The Morgan fingerprint density at radius 1 is 1.38 bits per heavy atom. The van der Waals surface area contributed by atoms with E-state index < -0.39 is 0 Å². The van der Waals surface area contributed by atoms with Gasteiger partial charge >= 0.3 is 0 Å². The third-order valence-corrected chi connectivity index (χ3v) is 2.27. The number of nitrogens with zero attached hydrogens (tertiary/aromatic N) is 3. The van der Waals surface area contributed by atoms with Crippen molar-refractivity contribution < 1.29 is 0 Å². The van der Waals surface area contributed by atoms with Crippen LogP contribution in [0.5, 0.6) is 0 Å². The van der Waals surface area contributed by atoms with E-state index in [1.165, 1.54) is 0 Å². The molecular weight excluding hydrogens is 200 g/mol. The molecule has 1 aromatic carbocycles. The monoisotopic (exact) mass is 212 g/mol. The predicted molar refractivity (Wildman–Crippen MR) is 62.4 cm³/mol. The van der Waals surface area contributed by atoms with E-state index in [1.54, 1.807) is 10.7 Å². The van der Waals surface area contributed by atoms with Gasteiger partial charge in [0.1, 0.15) is 6.07 Å². The normalized spacial score (nSPS) is 9.81. The van der Waals surface area contributed by atoms with Crippen molar-refractivity contribution >= 4 is 11.5 Å². The van der Waals surface area contributed by atoms with Gasteiger partial charge in [0, 0.05) is 19.3 Å². The van der Waals surface area contributed by atoms with E-state index in [0.717, 1.165) is 17.1 Å². The first kappa shape index (κ1) is 10.2. The first-order valence-corrected chi connectivity index (χ1v) is 4.96. The Kier molecular flexibility index (Phi) is 2.61. The van der Waals surface area contributed by atoms with Crippen molar-refractivity contribution in [2.45, 2.75) is 6.92 Å². The molecule has 0 spiro atoms. The molecule has 4 nitrogen and oxygen atoms in total. The van der Waals surface area contributed by atoms with Crippen LogP contribution in [0, 0.1) is 18.3 Å². The van der Waals surface area contributed by atoms with Gasteiger partial charge < -0.3 is 5.32 Å². The summed E-state index contributed by atoms with van der Waals surface area (Å²) in [5.74, 6) is 0.740. The third kappa shape index (κ3) is 2.04. The lowest BCUT2D eigenvalue weighted by Crippen LogP contribution is -1.96. The van der Waals surface area contributed by atoms with Gasteiger partial charge in [-0.3, -0.25) is 4.68 Å². The molecule has 4 heteroatoms. The van der Waals surface area contributed by atoms with Gasteiger partial charge in [-0.2, -0.15) is 10.4 Å². The van der Waals surface area contributed by atoms with Crippen molar-refractivity contribution in [2.24, 2.45) is 7.05 Å². The van der Waals surface area contributed by atoms with Gasteiger partial charge in [-0.05, 0) is 24.6 Å². The van der Waals surface area contributed by atoms with Crippen LogP contribution in [0.15, 0.2) is 30.5 Å². The summed E-state index contributed by atoms with van der Waals surface area (Å²) in [5.41, 5.74) is 2.52. The van der Waals surface area contributed by atoms with Crippen molar-refractivity contribution in [3.8, 4) is 6.07 Å². The maximum atomic E-state index is 8.98. The van der Waals surface area contributed by atoms with Crippen LogP contribution in [0.3, 0.4) is 0 Å². The fourth-order valence-electron chi connectivity index (χ4n) is 1.48. The van der Waals surface area contributed by atoms with Crippen LogP contribution in [0.2, 0.25) is 0 Å². The van der Waals surface area contributed by atoms with Crippen LogP contribution in [0.4, 0.5) is 11.5 Å². The van der Waals surface area contributed by atoms with Gasteiger partial charge in [0.2, 0.25) is 0 Å². The Balaban J connectivity index is 2.34. The second-order valence-corrected chi connectivity index (χ2v) is 3.66. The zero-order valence-electron chi connectivity index (χ0n) is 9.23. The minimum atomic E-state index is 0.622. The van der Waals surface area contributed by atoms with E-state index in [9.17, 15) is 0 Å². The van der Waals surface area contributed by atoms with Crippen molar-refractivity contribution in [1.29, 1.82) is 5.26 Å². The number of nitrogens with one attached hydrogen (secondary N) is 1. The van der Waals surface area contributed by atoms with E-state index in [1.807, 2.05) is 38.4 Å². The standard InChI is InChI=1S/C12H12N4/c1-9-3-4-10(8-13)11(7-9)14-12-5-6-16(2)15-12/h3-7H,1-2H3,(H,14,15). The Bertz CT molecular complexity index is 548. The topological polar surface area (TPSA) is 53.6 Å². The van der Waals surface area contributed by atoms with Gasteiger partial charge in [0.15, 0.2) is 5.82 Å². The van der Waals surface area contributed by atoms with E-state index in [2.05, 4.69) is 16.5 Å². The Morgan fingerprint density at radius 2 is 2.19 bits per heavy atom. The summed E-state index contributed by atoms with van der Waals surface area (Å²) in [6.07, 6.45) is 1.85. The first-order chi connectivity index (χ1) is 7.69. The molecule has 1 heterocycles. The highest BCUT2D eigenvalue weighted by molar-refractivity contribution is 5.65. The average Bonchev–Trinajstić information content (AvgIpc) is 2.64. The molecule has 2 aromatic rings. The number of anilines is 2. The fourth-order valence-corrected chi connectivity index (χ4v) is 1.48. The van der Waals surface area contributed by atoms with E-state index in [0.29, 0.717) is 5.56 Å². The second kappa shape index (κ2) is 4.07. The molecule has 0 aliphatic rings. The fraction of sp³-hybridized carbons (Fsp3) is 0.167. The molecule has 0 bridgehead atoms. The van der Waals surface area contributed by atoms with Crippen LogP contribution in [-0.2, 0) is 7.05 Å². The smallest absolute Gasteiger partial charge is 0.152 e. The number of rotatable bonds is 2. The quantitative estimate of drug-likeness (QED) is 0.831. The summed E-state index contributed by atoms with van der Waals surface area (Å²) in [6.45, 7) is 1.99. The summed E-state index contributed by atoms with van der Waals surface area (Å²) in [6, 6.07) is 9.68. The molecule has 0 saturated heterocycles. The van der Waals surface area contributed by atoms with Crippen LogP contribution in [0.1, 0.15) is 11.1 Å². The van der Waals surface area contributed by atoms with Crippen molar-refractivity contribution in [1.82, 2.24) is 9.78 Å². The Labute approximate surface area is 94.1 Å². The van der Waals surface area contributed by atoms with Crippen LogP contribution >= 0.6 is 0 Å². The van der Waals surface area contributed by atoms with Crippen LogP contribution in [-0.4, -0.2) is 9.78 Å². The van der Waals surface area contributed by atoms with Crippen molar-refractivity contribution in [3.05, 3.63) is 41.6 Å². The van der Waals surface area contributed by atoms with E-state index in [-0.39, 0.29) is 0 Å². The first-order valence-electron chi connectivity index (χ1n) is 4.96. The Morgan fingerprint density at radius 3 is 2.81 bits per heavy atom. The summed E-state index contributed by atoms with van der Waals surface area (Å²) in [4.78, 5) is 0. The SMILES string of the molecule is Cc1ccc(C#N)c(Nc2ccn(C)n2)c1. The molecule has 0 aliphatic heterocycles. The minimum Gasteiger partial charge on any atom is -0.338 e. The van der Waals surface area contributed by atoms with E-state index in [4.69, 9.17) is 5.26 Å². The second-order valence-electron chi connectivity index (χ2n) is 3.66. The zero-order valence-corrected chi connectivity index (χ0v) is 9.23. The summed E-state index contributed by atoms with van der Waals surface area (Å²) < 4.78 is 1.71.